The summed E-state index contributed by atoms with van der Waals surface area (Å²) in [5.41, 5.74) is 1.91. The number of nitrogens with one attached hydrogen (secondary N) is 1. The number of aromatic nitrogens is 3. The van der Waals surface area contributed by atoms with Crippen molar-refractivity contribution in [3.8, 4) is 0 Å². The summed E-state index contributed by atoms with van der Waals surface area (Å²) in [6.45, 7) is 3.26. The van der Waals surface area contributed by atoms with E-state index in [1.54, 1.807) is 0 Å². The molecule has 2 rings (SSSR count). The van der Waals surface area contributed by atoms with E-state index in [1.807, 2.05) is 11.8 Å². The summed E-state index contributed by atoms with van der Waals surface area (Å²) in [5.74, 6) is 0.189. The first-order chi connectivity index (χ1) is 6.31. The summed E-state index contributed by atoms with van der Waals surface area (Å²) in [6.07, 6.45) is 1.38. The van der Waals surface area contributed by atoms with E-state index in [-0.39, 0.29) is 5.91 Å². The van der Waals surface area contributed by atoms with Crippen molar-refractivity contribution in [2.45, 2.75) is 26.3 Å². The van der Waals surface area contributed by atoms with Gasteiger partial charge in [0.2, 0.25) is 5.91 Å². The van der Waals surface area contributed by atoms with Crippen LogP contribution in [0.1, 0.15) is 24.7 Å². The predicted molar refractivity (Wildman–Crippen MR) is 45.8 cm³/mol. The monoisotopic (exact) mass is 180 g/mol. The fourth-order valence-corrected chi connectivity index (χ4v) is 1.54. The van der Waals surface area contributed by atoms with Crippen molar-refractivity contribution in [1.82, 2.24) is 20.3 Å². The number of nitrogens with zero attached hydrogens (tertiary/aromatic N) is 3. The molecule has 5 nitrogen and oxygen atoms in total. The van der Waals surface area contributed by atoms with Crippen LogP contribution in [-0.2, 0) is 17.8 Å². The van der Waals surface area contributed by atoms with Crippen molar-refractivity contribution < 1.29 is 4.79 Å². The van der Waals surface area contributed by atoms with E-state index in [2.05, 4.69) is 15.4 Å². The molecule has 0 aliphatic carbocycles. The lowest BCUT2D eigenvalue weighted by atomic mass is 10.1. The van der Waals surface area contributed by atoms with Crippen LogP contribution in [0.25, 0.3) is 0 Å². The molecular formula is C8H12N4O. The molecule has 1 aromatic rings. The SMILES string of the molecule is CCC(=O)N1CCc2n[nH]nc2C1. The molecule has 1 aliphatic rings. The third-order valence-electron chi connectivity index (χ3n) is 2.32. The highest BCUT2D eigenvalue weighted by atomic mass is 16.2. The van der Waals surface area contributed by atoms with E-state index >= 15 is 0 Å². The molecule has 0 saturated carbocycles. The average Bonchev–Trinajstić information content (AvgIpc) is 2.63. The van der Waals surface area contributed by atoms with Crippen molar-refractivity contribution in [3.63, 3.8) is 0 Å². The van der Waals surface area contributed by atoms with Crippen molar-refractivity contribution in [1.29, 1.82) is 0 Å². The largest absolute Gasteiger partial charge is 0.336 e. The summed E-state index contributed by atoms with van der Waals surface area (Å²) in [4.78, 5) is 13.2. The maximum atomic E-state index is 11.4. The number of hydrogen-bond acceptors (Lipinski definition) is 3. The number of hydrogen-bond donors (Lipinski definition) is 1. The average molecular weight is 180 g/mol. The molecule has 13 heavy (non-hydrogen) atoms. The quantitative estimate of drug-likeness (QED) is 0.666. The second-order valence-corrected chi connectivity index (χ2v) is 3.14. The van der Waals surface area contributed by atoms with E-state index < -0.39 is 0 Å². The second kappa shape index (κ2) is 3.16. The molecule has 1 amide bonds. The highest BCUT2D eigenvalue weighted by Gasteiger charge is 2.21. The fourth-order valence-electron chi connectivity index (χ4n) is 1.54. The van der Waals surface area contributed by atoms with E-state index in [4.69, 9.17) is 0 Å². The summed E-state index contributed by atoms with van der Waals surface area (Å²) < 4.78 is 0. The molecule has 0 bridgehead atoms. The molecule has 5 heteroatoms. The summed E-state index contributed by atoms with van der Waals surface area (Å²) in [6, 6.07) is 0. The van der Waals surface area contributed by atoms with Gasteiger partial charge in [-0.2, -0.15) is 15.4 Å². The summed E-state index contributed by atoms with van der Waals surface area (Å²) >= 11 is 0. The molecule has 0 unspecified atom stereocenters. The van der Waals surface area contributed by atoms with E-state index in [0.717, 1.165) is 24.4 Å². The van der Waals surface area contributed by atoms with Gasteiger partial charge >= 0.3 is 0 Å². The lowest BCUT2D eigenvalue weighted by molar-refractivity contribution is -0.131. The van der Waals surface area contributed by atoms with E-state index in [9.17, 15) is 4.79 Å². The number of rotatable bonds is 1. The van der Waals surface area contributed by atoms with Crippen LogP contribution in [0.4, 0.5) is 0 Å². The van der Waals surface area contributed by atoms with Crippen molar-refractivity contribution in [2.24, 2.45) is 0 Å². The van der Waals surface area contributed by atoms with Crippen molar-refractivity contribution >= 4 is 5.91 Å². The van der Waals surface area contributed by atoms with Crippen molar-refractivity contribution in [2.75, 3.05) is 6.54 Å². The maximum Gasteiger partial charge on any atom is 0.222 e. The van der Waals surface area contributed by atoms with Crippen LogP contribution >= 0.6 is 0 Å². The second-order valence-electron chi connectivity index (χ2n) is 3.14. The molecule has 0 aromatic carbocycles. The zero-order valence-electron chi connectivity index (χ0n) is 7.58. The van der Waals surface area contributed by atoms with Gasteiger partial charge < -0.3 is 4.90 Å². The number of carbonyl (C=O) groups is 1. The third kappa shape index (κ3) is 1.41. The van der Waals surface area contributed by atoms with Gasteiger partial charge in [-0.25, -0.2) is 0 Å². The number of carbonyl (C=O) groups excluding carboxylic acids is 1. The van der Waals surface area contributed by atoms with E-state index in [0.29, 0.717) is 13.0 Å². The van der Waals surface area contributed by atoms with Gasteiger partial charge in [-0.3, -0.25) is 4.79 Å². The molecule has 0 atom stereocenters. The first kappa shape index (κ1) is 8.22. The molecule has 0 radical (unpaired) electrons. The smallest absolute Gasteiger partial charge is 0.222 e. The minimum atomic E-state index is 0.189. The van der Waals surface area contributed by atoms with Crippen molar-refractivity contribution in [3.05, 3.63) is 11.4 Å². The zero-order chi connectivity index (χ0) is 9.26. The van der Waals surface area contributed by atoms with Gasteiger partial charge in [-0.15, -0.1) is 0 Å². The first-order valence-corrected chi connectivity index (χ1v) is 4.47. The minimum absolute atomic E-state index is 0.189. The van der Waals surface area contributed by atoms with Crippen LogP contribution in [0.2, 0.25) is 0 Å². The molecular weight excluding hydrogens is 168 g/mol. The molecule has 1 aliphatic heterocycles. The Kier molecular flexibility index (Phi) is 2.00. The van der Waals surface area contributed by atoms with Crippen LogP contribution in [0, 0.1) is 0 Å². The normalized spacial score (nSPS) is 15.6. The van der Waals surface area contributed by atoms with Gasteiger partial charge in [0.05, 0.1) is 12.2 Å². The lowest BCUT2D eigenvalue weighted by Crippen LogP contribution is -2.35. The molecule has 0 fully saturated rings. The Labute approximate surface area is 76.1 Å². The van der Waals surface area contributed by atoms with Gasteiger partial charge in [0.15, 0.2) is 0 Å². The maximum absolute atomic E-state index is 11.4. The van der Waals surface area contributed by atoms with E-state index in [1.165, 1.54) is 0 Å². The summed E-state index contributed by atoms with van der Waals surface area (Å²) in [7, 11) is 0. The molecule has 0 spiro atoms. The van der Waals surface area contributed by atoms with Crippen LogP contribution in [0.5, 0.6) is 0 Å². The topological polar surface area (TPSA) is 61.9 Å². The van der Waals surface area contributed by atoms with Gasteiger partial charge in [0, 0.05) is 19.4 Å². The van der Waals surface area contributed by atoms with Gasteiger partial charge in [-0.05, 0) is 0 Å². The predicted octanol–water partition coefficient (Wildman–Crippen LogP) is 0.0994. The number of amides is 1. The van der Waals surface area contributed by atoms with Gasteiger partial charge in [-0.1, -0.05) is 6.92 Å². The zero-order valence-corrected chi connectivity index (χ0v) is 7.58. The Morgan fingerprint density at radius 2 is 2.31 bits per heavy atom. The van der Waals surface area contributed by atoms with Crippen LogP contribution in [0.15, 0.2) is 0 Å². The molecule has 0 saturated heterocycles. The number of fused-ring (bicyclic) bond motifs is 1. The Hall–Kier alpha value is -1.39. The Bertz CT molecular complexity index is 320. The molecule has 2 heterocycles. The molecule has 1 N–H and O–H groups in total. The summed E-state index contributed by atoms with van der Waals surface area (Å²) in [5, 5.41) is 10.6. The van der Waals surface area contributed by atoms with Crippen LogP contribution in [0.3, 0.4) is 0 Å². The third-order valence-corrected chi connectivity index (χ3v) is 2.32. The minimum Gasteiger partial charge on any atom is -0.336 e. The fraction of sp³-hybridized carbons (Fsp3) is 0.625. The Morgan fingerprint density at radius 3 is 3.08 bits per heavy atom. The van der Waals surface area contributed by atoms with Crippen LogP contribution < -0.4 is 0 Å². The Balaban J connectivity index is 2.13. The van der Waals surface area contributed by atoms with Gasteiger partial charge in [0.25, 0.3) is 0 Å². The highest BCUT2D eigenvalue weighted by molar-refractivity contribution is 5.76. The molecule has 1 aromatic heterocycles. The van der Waals surface area contributed by atoms with Gasteiger partial charge in [0.1, 0.15) is 5.69 Å². The Morgan fingerprint density at radius 1 is 1.54 bits per heavy atom. The highest BCUT2D eigenvalue weighted by Crippen LogP contribution is 2.14. The number of aromatic amines is 1. The lowest BCUT2D eigenvalue weighted by Gasteiger charge is -2.24. The standard InChI is InChI=1S/C8H12N4O/c1-2-8(13)12-4-3-6-7(5-12)10-11-9-6/h2-5H2,1H3,(H,9,10,11). The number of H-pyrrole nitrogens is 1. The molecule has 70 valence electrons. The van der Waals surface area contributed by atoms with Crippen LogP contribution in [-0.4, -0.2) is 32.8 Å². The first-order valence-electron chi connectivity index (χ1n) is 4.47.